The average Bonchev–Trinajstić information content (AvgIpc) is 2.48. The third-order valence-corrected chi connectivity index (χ3v) is 3.91. The quantitative estimate of drug-likeness (QED) is 0.519. The van der Waals surface area contributed by atoms with E-state index >= 15 is 0 Å². The van der Waals surface area contributed by atoms with Gasteiger partial charge in [0.25, 0.3) is 0 Å². The summed E-state index contributed by atoms with van der Waals surface area (Å²) in [6.45, 7) is 0. The normalized spacial score (nSPS) is 10.5. The molecule has 0 heterocycles. The van der Waals surface area contributed by atoms with Crippen LogP contribution in [0.25, 0.3) is 22.3 Å². The first-order chi connectivity index (χ1) is 9.77. The topological polar surface area (TPSA) is 0 Å². The molecule has 0 unspecified atom stereocenters. The number of hydrogen-bond acceptors (Lipinski definition) is 0. The standard InChI is InChI=1S/C18H12Cl2/c19-17-11-5-3-9-15(17)13-7-1-2-8-14(13)16-10-4-6-12-18(16)20/h1-12H. The van der Waals surface area contributed by atoms with Crippen molar-refractivity contribution in [3.8, 4) is 22.3 Å². The summed E-state index contributed by atoms with van der Waals surface area (Å²) in [4.78, 5) is 0. The minimum Gasteiger partial charge on any atom is -0.0837 e. The van der Waals surface area contributed by atoms with Crippen LogP contribution in [0, 0.1) is 0 Å². The second-order valence-electron chi connectivity index (χ2n) is 4.51. The molecule has 3 aromatic rings. The molecule has 0 radical (unpaired) electrons. The molecule has 2 heteroatoms. The molecule has 3 aromatic carbocycles. The number of rotatable bonds is 2. The van der Waals surface area contributed by atoms with E-state index in [2.05, 4.69) is 12.1 Å². The van der Waals surface area contributed by atoms with Crippen LogP contribution in [-0.2, 0) is 0 Å². The third-order valence-electron chi connectivity index (χ3n) is 3.26. The van der Waals surface area contributed by atoms with Crippen molar-refractivity contribution in [2.75, 3.05) is 0 Å². The summed E-state index contributed by atoms with van der Waals surface area (Å²) in [6, 6.07) is 23.9. The van der Waals surface area contributed by atoms with Crippen LogP contribution >= 0.6 is 23.2 Å². The highest BCUT2D eigenvalue weighted by molar-refractivity contribution is 6.34. The molecular weight excluding hydrogens is 287 g/mol. The fourth-order valence-corrected chi connectivity index (χ4v) is 2.79. The lowest BCUT2D eigenvalue weighted by molar-refractivity contribution is 1.58. The maximum atomic E-state index is 6.33. The molecular formula is C18H12Cl2. The number of benzene rings is 3. The lowest BCUT2D eigenvalue weighted by Crippen LogP contribution is -1.86. The van der Waals surface area contributed by atoms with Crippen LogP contribution in [0.3, 0.4) is 0 Å². The first-order valence-electron chi connectivity index (χ1n) is 6.36. The van der Waals surface area contributed by atoms with Gasteiger partial charge in [-0.25, -0.2) is 0 Å². The van der Waals surface area contributed by atoms with Crippen molar-refractivity contribution in [3.05, 3.63) is 82.8 Å². The van der Waals surface area contributed by atoms with Gasteiger partial charge >= 0.3 is 0 Å². The summed E-state index contributed by atoms with van der Waals surface area (Å²) in [5, 5.41) is 1.49. The molecule has 0 amide bonds. The van der Waals surface area contributed by atoms with Gasteiger partial charge in [0.1, 0.15) is 0 Å². The van der Waals surface area contributed by atoms with Crippen LogP contribution < -0.4 is 0 Å². The smallest absolute Gasteiger partial charge is 0.0484 e. The minimum absolute atomic E-state index is 0.743. The monoisotopic (exact) mass is 298 g/mol. The molecule has 0 nitrogen and oxygen atoms in total. The summed E-state index contributed by atoms with van der Waals surface area (Å²) in [7, 11) is 0. The molecule has 0 aliphatic rings. The van der Waals surface area contributed by atoms with Crippen LogP contribution in [0.5, 0.6) is 0 Å². The first-order valence-corrected chi connectivity index (χ1v) is 7.12. The Bertz CT molecular complexity index is 683. The third kappa shape index (κ3) is 2.45. The van der Waals surface area contributed by atoms with Gasteiger partial charge in [0, 0.05) is 21.2 Å². The largest absolute Gasteiger partial charge is 0.0837 e. The molecule has 0 bridgehead atoms. The van der Waals surface area contributed by atoms with Crippen molar-refractivity contribution in [1.82, 2.24) is 0 Å². The van der Waals surface area contributed by atoms with Crippen LogP contribution in [0.4, 0.5) is 0 Å². The van der Waals surface area contributed by atoms with Crippen molar-refractivity contribution >= 4 is 23.2 Å². The molecule has 0 atom stereocenters. The lowest BCUT2D eigenvalue weighted by atomic mass is 9.94. The summed E-state index contributed by atoms with van der Waals surface area (Å²) in [5.74, 6) is 0. The Morgan fingerprint density at radius 2 is 0.700 bits per heavy atom. The molecule has 0 fully saturated rings. The predicted molar refractivity (Wildman–Crippen MR) is 87.3 cm³/mol. The van der Waals surface area contributed by atoms with Crippen molar-refractivity contribution < 1.29 is 0 Å². The second kappa shape index (κ2) is 5.70. The van der Waals surface area contributed by atoms with Gasteiger partial charge < -0.3 is 0 Å². The molecule has 98 valence electrons. The Labute approximate surface area is 128 Å². The summed E-state index contributed by atoms with van der Waals surface area (Å²) in [6.07, 6.45) is 0. The van der Waals surface area contributed by atoms with E-state index in [9.17, 15) is 0 Å². The Morgan fingerprint density at radius 3 is 1.05 bits per heavy atom. The highest BCUT2D eigenvalue weighted by Crippen LogP contribution is 2.38. The van der Waals surface area contributed by atoms with Crippen molar-refractivity contribution in [2.24, 2.45) is 0 Å². The summed E-state index contributed by atoms with van der Waals surface area (Å²) < 4.78 is 0. The summed E-state index contributed by atoms with van der Waals surface area (Å²) in [5.41, 5.74) is 4.21. The summed E-state index contributed by atoms with van der Waals surface area (Å²) >= 11 is 12.7. The Hall–Kier alpha value is -1.76. The lowest BCUT2D eigenvalue weighted by Gasteiger charge is -2.12. The zero-order chi connectivity index (χ0) is 13.9. The van der Waals surface area contributed by atoms with E-state index < -0.39 is 0 Å². The molecule has 0 spiro atoms. The first kappa shape index (κ1) is 13.2. The van der Waals surface area contributed by atoms with Gasteiger partial charge in [0.15, 0.2) is 0 Å². The Kier molecular flexibility index (Phi) is 3.77. The molecule has 0 aliphatic heterocycles. The second-order valence-corrected chi connectivity index (χ2v) is 5.32. The van der Waals surface area contributed by atoms with Gasteiger partial charge in [0.2, 0.25) is 0 Å². The maximum Gasteiger partial charge on any atom is 0.0484 e. The Morgan fingerprint density at radius 1 is 0.400 bits per heavy atom. The van der Waals surface area contributed by atoms with E-state index in [4.69, 9.17) is 23.2 Å². The number of halogens is 2. The van der Waals surface area contributed by atoms with Gasteiger partial charge in [-0.1, -0.05) is 83.9 Å². The molecule has 0 aliphatic carbocycles. The fourth-order valence-electron chi connectivity index (χ4n) is 2.31. The molecule has 0 saturated carbocycles. The van der Waals surface area contributed by atoms with Gasteiger partial charge in [-0.15, -0.1) is 0 Å². The maximum absolute atomic E-state index is 6.33. The minimum atomic E-state index is 0.743. The molecule has 0 aromatic heterocycles. The Balaban J connectivity index is 2.25. The zero-order valence-corrected chi connectivity index (χ0v) is 12.2. The average molecular weight is 299 g/mol. The molecule has 20 heavy (non-hydrogen) atoms. The van der Waals surface area contributed by atoms with Crippen LogP contribution in [0.2, 0.25) is 10.0 Å². The van der Waals surface area contributed by atoms with Crippen LogP contribution in [-0.4, -0.2) is 0 Å². The van der Waals surface area contributed by atoms with Gasteiger partial charge in [-0.3, -0.25) is 0 Å². The van der Waals surface area contributed by atoms with Crippen LogP contribution in [0.1, 0.15) is 0 Å². The number of hydrogen-bond donors (Lipinski definition) is 0. The van der Waals surface area contributed by atoms with Gasteiger partial charge in [0.05, 0.1) is 0 Å². The van der Waals surface area contributed by atoms with E-state index in [0.717, 1.165) is 32.3 Å². The predicted octanol–water partition coefficient (Wildman–Crippen LogP) is 6.33. The van der Waals surface area contributed by atoms with E-state index in [1.165, 1.54) is 0 Å². The zero-order valence-electron chi connectivity index (χ0n) is 10.7. The van der Waals surface area contributed by atoms with Crippen molar-refractivity contribution in [2.45, 2.75) is 0 Å². The van der Waals surface area contributed by atoms with Crippen molar-refractivity contribution in [3.63, 3.8) is 0 Å². The van der Waals surface area contributed by atoms with Gasteiger partial charge in [-0.2, -0.15) is 0 Å². The molecule has 0 N–H and O–H groups in total. The van der Waals surface area contributed by atoms with E-state index in [-0.39, 0.29) is 0 Å². The SMILES string of the molecule is Clc1ccccc1-c1ccccc1-c1ccccc1Cl. The van der Waals surface area contributed by atoms with E-state index in [1.54, 1.807) is 0 Å². The highest BCUT2D eigenvalue weighted by Gasteiger charge is 2.11. The van der Waals surface area contributed by atoms with E-state index in [1.807, 2.05) is 60.7 Å². The van der Waals surface area contributed by atoms with E-state index in [0.29, 0.717) is 0 Å². The van der Waals surface area contributed by atoms with Crippen molar-refractivity contribution in [1.29, 1.82) is 0 Å². The fraction of sp³-hybridized carbons (Fsp3) is 0. The molecule has 0 saturated heterocycles. The molecule has 3 rings (SSSR count). The van der Waals surface area contributed by atoms with Crippen LogP contribution in [0.15, 0.2) is 72.8 Å². The van der Waals surface area contributed by atoms with Gasteiger partial charge in [-0.05, 0) is 23.3 Å². The highest BCUT2D eigenvalue weighted by atomic mass is 35.5.